The molecule has 0 aliphatic carbocycles. The Morgan fingerprint density at radius 1 is 1.09 bits per heavy atom. The van der Waals surface area contributed by atoms with Crippen LogP contribution in [0.5, 0.6) is 0 Å². The van der Waals surface area contributed by atoms with Crippen molar-refractivity contribution in [2.75, 3.05) is 0 Å². The van der Waals surface area contributed by atoms with Gasteiger partial charge in [0.2, 0.25) is 0 Å². The van der Waals surface area contributed by atoms with Gasteiger partial charge in [0.1, 0.15) is 5.65 Å². The first-order valence-corrected chi connectivity index (χ1v) is 11.6. The molecule has 7 nitrogen and oxygen atoms in total. The highest BCUT2D eigenvalue weighted by Crippen LogP contribution is 2.34. The first kappa shape index (κ1) is 24.4. The van der Waals surface area contributed by atoms with Crippen LogP contribution in [-0.4, -0.2) is 25.2 Å². The maximum atomic E-state index is 13.6. The molecule has 0 atom stereocenters. The summed E-state index contributed by atoms with van der Waals surface area (Å²) in [5.41, 5.74) is 3.53. The molecule has 0 unspecified atom stereocenters. The molecule has 0 aliphatic heterocycles. The molecule has 0 saturated heterocycles. The van der Waals surface area contributed by atoms with Gasteiger partial charge >= 0.3 is 11.7 Å². The number of rotatable bonds is 9. The number of carboxylic acids is 1. The Morgan fingerprint density at radius 2 is 1.79 bits per heavy atom. The van der Waals surface area contributed by atoms with E-state index in [-0.39, 0.29) is 19.4 Å². The molecular formula is C26H33N3O4. The summed E-state index contributed by atoms with van der Waals surface area (Å²) >= 11 is 0. The lowest BCUT2D eigenvalue weighted by Gasteiger charge is -2.19. The zero-order valence-electron chi connectivity index (χ0n) is 20.1. The normalized spacial score (nSPS) is 11.6. The maximum absolute atomic E-state index is 13.6. The average molecular weight is 452 g/mol. The molecule has 2 heterocycles. The lowest BCUT2D eigenvalue weighted by Crippen LogP contribution is -2.40. The van der Waals surface area contributed by atoms with Crippen molar-refractivity contribution in [2.24, 2.45) is 13.0 Å². The second kappa shape index (κ2) is 10.1. The van der Waals surface area contributed by atoms with Crippen LogP contribution in [0, 0.1) is 5.92 Å². The number of pyridine rings is 1. The number of benzene rings is 1. The molecular weight excluding hydrogens is 418 g/mol. The molecule has 176 valence electrons. The predicted molar refractivity (Wildman–Crippen MR) is 131 cm³/mol. The fourth-order valence-corrected chi connectivity index (χ4v) is 4.27. The van der Waals surface area contributed by atoms with Crippen molar-refractivity contribution < 1.29 is 9.90 Å². The first-order chi connectivity index (χ1) is 15.6. The molecule has 0 fully saturated rings. The summed E-state index contributed by atoms with van der Waals surface area (Å²) in [7, 11) is 1.61. The third kappa shape index (κ3) is 5.07. The van der Waals surface area contributed by atoms with E-state index >= 15 is 0 Å². The van der Waals surface area contributed by atoms with Gasteiger partial charge in [-0.25, -0.2) is 9.78 Å². The van der Waals surface area contributed by atoms with E-state index in [0.717, 1.165) is 27.7 Å². The van der Waals surface area contributed by atoms with E-state index in [4.69, 9.17) is 5.11 Å². The SMILES string of the molecule is CC(C)CCc1c(-c2ccccc2C(C)C)cnc2c1c(=O)n(CCCC(=O)O)c(=O)n2C. The summed E-state index contributed by atoms with van der Waals surface area (Å²) in [4.78, 5) is 42.0. The van der Waals surface area contributed by atoms with Crippen molar-refractivity contribution in [2.45, 2.75) is 65.8 Å². The van der Waals surface area contributed by atoms with Crippen LogP contribution in [-0.2, 0) is 24.8 Å². The van der Waals surface area contributed by atoms with Crippen LogP contribution in [0.15, 0.2) is 40.1 Å². The topological polar surface area (TPSA) is 94.2 Å². The van der Waals surface area contributed by atoms with Gasteiger partial charge in [0.25, 0.3) is 5.56 Å². The van der Waals surface area contributed by atoms with E-state index in [9.17, 15) is 14.4 Å². The van der Waals surface area contributed by atoms with Crippen LogP contribution < -0.4 is 11.2 Å². The quantitative estimate of drug-likeness (QED) is 0.522. The van der Waals surface area contributed by atoms with Crippen LogP contribution in [0.3, 0.4) is 0 Å². The number of nitrogens with zero attached hydrogens (tertiary/aromatic N) is 3. The number of fused-ring (bicyclic) bond motifs is 1. The van der Waals surface area contributed by atoms with E-state index in [2.05, 4.69) is 44.8 Å². The zero-order valence-corrected chi connectivity index (χ0v) is 20.1. The van der Waals surface area contributed by atoms with Gasteiger partial charge in [0.15, 0.2) is 0 Å². The van der Waals surface area contributed by atoms with Crippen molar-refractivity contribution in [3.63, 3.8) is 0 Å². The minimum Gasteiger partial charge on any atom is -0.481 e. The highest BCUT2D eigenvalue weighted by Gasteiger charge is 2.21. The Morgan fingerprint density at radius 3 is 2.42 bits per heavy atom. The Balaban J connectivity index is 2.34. The van der Waals surface area contributed by atoms with Gasteiger partial charge in [0.05, 0.1) is 5.39 Å². The van der Waals surface area contributed by atoms with Crippen molar-refractivity contribution in [3.05, 3.63) is 62.4 Å². The van der Waals surface area contributed by atoms with Crippen molar-refractivity contribution >= 4 is 17.0 Å². The third-order valence-corrected chi connectivity index (χ3v) is 6.08. The van der Waals surface area contributed by atoms with Crippen molar-refractivity contribution in [1.29, 1.82) is 0 Å². The monoisotopic (exact) mass is 451 g/mol. The molecule has 7 heteroatoms. The van der Waals surface area contributed by atoms with E-state index in [1.807, 2.05) is 12.1 Å². The van der Waals surface area contributed by atoms with Crippen molar-refractivity contribution in [1.82, 2.24) is 14.1 Å². The number of carboxylic acid groups (broad SMARTS) is 1. The molecule has 0 radical (unpaired) electrons. The predicted octanol–water partition coefficient (Wildman–Crippen LogP) is 4.34. The molecule has 33 heavy (non-hydrogen) atoms. The molecule has 3 rings (SSSR count). The summed E-state index contributed by atoms with van der Waals surface area (Å²) in [5, 5.41) is 9.42. The molecule has 2 aromatic heterocycles. The number of aromatic nitrogens is 3. The van der Waals surface area contributed by atoms with Crippen LogP contribution in [0.25, 0.3) is 22.2 Å². The smallest absolute Gasteiger partial charge is 0.332 e. The molecule has 0 bridgehead atoms. The molecule has 0 aliphatic rings. The average Bonchev–Trinajstić information content (AvgIpc) is 2.77. The Hall–Kier alpha value is -3.22. The third-order valence-electron chi connectivity index (χ3n) is 6.08. The summed E-state index contributed by atoms with van der Waals surface area (Å²) in [5.74, 6) is -0.220. The summed E-state index contributed by atoms with van der Waals surface area (Å²) in [6, 6.07) is 8.16. The lowest BCUT2D eigenvalue weighted by atomic mass is 9.88. The fraction of sp³-hybridized carbons (Fsp3) is 0.462. The number of aliphatic carboxylic acids is 1. The first-order valence-electron chi connectivity index (χ1n) is 11.6. The summed E-state index contributed by atoms with van der Waals surface area (Å²) in [6.07, 6.45) is 3.46. The number of carbonyl (C=O) groups is 1. The van der Waals surface area contributed by atoms with Crippen molar-refractivity contribution in [3.8, 4) is 11.1 Å². The van der Waals surface area contributed by atoms with Gasteiger partial charge in [-0.3, -0.25) is 18.7 Å². The van der Waals surface area contributed by atoms with Gasteiger partial charge in [-0.05, 0) is 47.8 Å². The van der Waals surface area contributed by atoms with Crippen LogP contribution >= 0.6 is 0 Å². The van der Waals surface area contributed by atoms with Crippen LogP contribution in [0.2, 0.25) is 0 Å². The van der Waals surface area contributed by atoms with Gasteiger partial charge in [-0.1, -0.05) is 52.0 Å². The minimum atomic E-state index is -0.951. The van der Waals surface area contributed by atoms with Gasteiger partial charge in [0, 0.05) is 31.8 Å². The standard InChI is InChI=1S/C26H33N3O4/c1-16(2)12-13-20-21(19-10-7-6-9-18(19)17(3)4)15-27-24-23(20)25(32)29(26(33)28(24)5)14-8-11-22(30)31/h6-7,9-10,15-17H,8,11-14H2,1-5H3,(H,30,31). The fourth-order valence-electron chi connectivity index (χ4n) is 4.27. The van der Waals surface area contributed by atoms with Crippen LogP contribution in [0.1, 0.15) is 64.0 Å². The minimum absolute atomic E-state index is 0.0597. The number of hydrogen-bond acceptors (Lipinski definition) is 4. The van der Waals surface area contributed by atoms with Crippen LogP contribution in [0.4, 0.5) is 0 Å². The maximum Gasteiger partial charge on any atom is 0.332 e. The molecule has 0 amide bonds. The Labute approximate surface area is 193 Å². The van der Waals surface area contributed by atoms with Gasteiger partial charge < -0.3 is 5.11 Å². The summed E-state index contributed by atoms with van der Waals surface area (Å²) in [6.45, 7) is 8.63. The van der Waals surface area contributed by atoms with E-state index < -0.39 is 17.2 Å². The molecule has 3 aromatic rings. The molecule has 0 spiro atoms. The Kier molecular flexibility index (Phi) is 7.51. The second-order valence-electron chi connectivity index (χ2n) is 9.32. The lowest BCUT2D eigenvalue weighted by molar-refractivity contribution is -0.137. The van der Waals surface area contributed by atoms with E-state index in [1.165, 1.54) is 10.1 Å². The van der Waals surface area contributed by atoms with Gasteiger partial charge in [-0.2, -0.15) is 0 Å². The largest absolute Gasteiger partial charge is 0.481 e. The molecule has 1 aromatic carbocycles. The molecule has 1 N–H and O–H groups in total. The number of aryl methyl sites for hydroxylation is 2. The zero-order chi connectivity index (χ0) is 24.3. The highest BCUT2D eigenvalue weighted by molar-refractivity contribution is 5.87. The summed E-state index contributed by atoms with van der Waals surface area (Å²) < 4.78 is 2.55. The highest BCUT2D eigenvalue weighted by atomic mass is 16.4. The number of hydrogen-bond donors (Lipinski definition) is 1. The molecule has 0 saturated carbocycles. The van der Waals surface area contributed by atoms with E-state index in [0.29, 0.717) is 29.3 Å². The second-order valence-corrected chi connectivity index (χ2v) is 9.32. The van der Waals surface area contributed by atoms with E-state index in [1.54, 1.807) is 13.2 Å². The van der Waals surface area contributed by atoms with Gasteiger partial charge in [-0.15, -0.1) is 0 Å². The Bertz CT molecular complexity index is 1290.